The number of aromatic nitrogens is 1. The summed E-state index contributed by atoms with van der Waals surface area (Å²) < 4.78 is 5.11. The zero-order valence-corrected chi connectivity index (χ0v) is 15.7. The zero-order chi connectivity index (χ0) is 19.1. The molecule has 0 unspecified atom stereocenters. The average molecular weight is 382 g/mol. The Hall–Kier alpha value is -3.05. The van der Waals surface area contributed by atoms with E-state index in [4.69, 9.17) is 16.3 Å². The molecule has 2 N–H and O–H groups in total. The first-order chi connectivity index (χ1) is 13.1. The molecular formula is C21H20ClN3O2. The smallest absolute Gasteiger partial charge is 0.229 e. The van der Waals surface area contributed by atoms with Crippen LogP contribution in [0.15, 0.2) is 66.9 Å². The van der Waals surface area contributed by atoms with E-state index in [1.54, 1.807) is 19.4 Å². The van der Waals surface area contributed by atoms with Crippen LogP contribution in [0.1, 0.15) is 11.1 Å². The lowest BCUT2D eigenvalue weighted by Crippen LogP contribution is -2.15. The van der Waals surface area contributed by atoms with Gasteiger partial charge in [0.05, 0.1) is 25.4 Å². The van der Waals surface area contributed by atoms with Crippen molar-refractivity contribution in [2.75, 3.05) is 17.7 Å². The number of hydrogen-bond donors (Lipinski definition) is 2. The van der Waals surface area contributed by atoms with Gasteiger partial charge in [-0.15, -0.1) is 0 Å². The van der Waals surface area contributed by atoms with Crippen LogP contribution in [0.25, 0.3) is 0 Å². The Balaban J connectivity index is 1.50. The Morgan fingerprint density at radius 3 is 2.33 bits per heavy atom. The lowest BCUT2D eigenvalue weighted by Gasteiger charge is -2.08. The summed E-state index contributed by atoms with van der Waals surface area (Å²) in [6.45, 7) is 0.669. The minimum absolute atomic E-state index is 0.116. The first-order valence-corrected chi connectivity index (χ1v) is 8.87. The number of anilines is 2. The first-order valence-electron chi connectivity index (χ1n) is 8.49. The fourth-order valence-corrected chi connectivity index (χ4v) is 2.62. The van der Waals surface area contributed by atoms with Crippen LogP contribution in [0.2, 0.25) is 5.02 Å². The fourth-order valence-electron chi connectivity index (χ4n) is 2.49. The minimum atomic E-state index is -0.116. The van der Waals surface area contributed by atoms with Gasteiger partial charge >= 0.3 is 0 Å². The summed E-state index contributed by atoms with van der Waals surface area (Å²) in [4.78, 5) is 16.4. The number of amides is 1. The molecular weight excluding hydrogens is 362 g/mol. The van der Waals surface area contributed by atoms with Crippen LogP contribution in [0.3, 0.4) is 0 Å². The van der Waals surface area contributed by atoms with Crippen LogP contribution in [0.5, 0.6) is 5.75 Å². The topological polar surface area (TPSA) is 63.2 Å². The summed E-state index contributed by atoms with van der Waals surface area (Å²) in [6.07, 6.45) is 1.97. The fraction of sp³-hybridized carbons (Fsp3) is 0.143. The largest absolute Gasteiger partial charge is 0.497 e. The Bertz CT molecular complexity index is 879. The summed E-state index contributed by atoms with van der Waals surface area (Å²) in [7, 11) is 1.61. The highest BCUT2D eigenvalue weighted by atomic mass is 35.5. The second-order valence-electron chi connectivity index (χ2n) is 5.99. The molecule has 0 bridgehead atoms. The van der Waals surface area contributed by atoms with E-state index >= 15 is 0 Å². The summed E-state index contributed by atoms with van der Waals surface area (Å²) >= 11 is 5.88. The first kappa shape index (κ1) is 18.7. The molecule has 0 aliphatic heterocycles. The maximum absolute atomic E-state index is 12.2. The van der Waals surface area contributed by atoms with Gasteiger partial charge in [0.2, 0.25) is 5.91 Å². The summed E-state index contributed by atoms with van der Waals surface area (Å²) in [5.74, 6) is 1.17. The molecule has 0 saturated heterocycles. The van der Waals surface area contributed by atoms with E-state index in [0.717, 1.165) is 27.6 Å². The van der Waals surface area contributed by atoms with Gasteiger partial charge in [-0.05, 0) is 47.5 Å². The molecule has 0 atom stereocenters. The number of rotatable bonds is 7. The molecule has 3 rings (SSSR count). The van der Waals surface area contributed by atoms with Gasteiger partial charge in [-0.2, -0.15) is 0 Å². The normalized spacial score (nSPS) is 10.3. The molecule has 138 valence electrons. The quantitative estimate of drug-likeness (QED) is 0.630. The molecule has 0 fully saturated rings. The highest BCUT2D eigenvalue weighted by Gasteiger charge is 2.05. The predicted octanol–water partition coefficient (Wildman–Crippen LogP) is 4.54. The number of nitrogens with one attached hydrogen (secondary N) is 2. The van der Waals surface area contributed by atoms with E-state index in [9.17, 15) is 4.79 Å². The maximum Gasteiger partial charge on any atom is 0.229 e. The highest BCUT2D eigenvalue weighted by molar-refractivity contribution is 6.30. The van der Waals surface area contributed by atoms with Crippen molar-refractivity contribution in [3.63, 3.8) is 0 Å². The van der Waals surface area contributed by atoms with Crippen molar-refractivity contribution in [3.8, 4) is 5.75 Å². The van der Waals surface area contributed by atoms with E-state index in [-0.39, 0.29) is 12.3 Å². The Morgan fingerprint density at radius 1 is 1.00 bits per heavy atom. The van der Waals surface area contributed by atoms with Crippen LogP contribution in [0, 0.1) is 0 Å². The van der Waals surface area contributed by atoms with Crippen molar-refractivity contribution >= 4 is 29.0 Å². The van der Waals surface area contributed by atoms with Crippen LogP contribution in [-0.4, -0.2) is 18.0 Å². The van der Waals surface area contributed by atoms with Gasteiger partial charge in [-0.3, -0.25) is 4.79 Å². The molecule has 0 aliphatic carbocycles. The van der Waals surface area contributed by atoms with Gasteiger partial charge in [0, 0.05) is 11.6 Å². The van der Waals surface area contributed by atoms with Crippen molar-refractivity contribution in [1.82, 2.24) is 4.98 Å². The van der Waals surface area contributed by atoms with E-state index in [1.165, 1.54) is 0 Å². The van der Waals surface area contributed by atoms with E-state index < -0.39 is 0 Å². The predicted molar refractivity (Wildman–Crippen MR) is 108 cm³/mol. The number of benzene rings is 2. The maximum atomic E-state index is 12.2. The molecule has 3 aromatic rings. The molecule has 5 nitrogen and oxygen atoms in total. The Labute approximate surface area is 163 Å². The van der Waals surface area contributed by atoms with Crippen molar-refractivity contribution in [2.24, 2.45) is 0 Å². The van der Waals surface area contributed by atoms with Crippen LogP contribution < -0.4 is 15.4 Å². The van der Waals surface area contributed by atoms with Gasteiger partial charge in [0.25, 0.3) is 0 Å². The van der Waals surface area contributed by atoms with Gasteiger partial charge in [-0.1, -0.05) is 35.9 Å². The molecule has 2 aromatic carbocycles. The number of nitrogens with zero attached hydrogens (tertiary/aromatic N) is 1. The van der Waals surface area contributed by atoms with Crippen molar-refractivity contribution in [3.05, 3.63) is 83.0 Å². The molecule has 0 radical (unpaired) electrons. The number of carbonyl (C=O) groups excluding carboxylic acids is 1. The third kappa shape index (κ3) is 5.72. The number of carbonyl (C=O) groups is 1. The molecule has 0 spiro atoms. The number of halogens is 1. The zero-order valence-electron chi connectivity index (χ0n) is 14.9. The molecule has 1 heterocycles. The Morgan fingerprint density at radius 2 is 1.70 bits per heavy atom. The molecule has 1 aromatic heterocycles. The Kier molecular flexibility index (Phi) is 6.28. The number of methoxy groups -OCH3 is 1. The molecule has 0 aliphatic rings. The molecule has 1 amide bonds. The van der Waals surface area contributed by atoms with Crippen molar-refractivity contribution in [2.45, 2.75) is 13.0 Å². The number of pyridine rings is 1. The van der Waals surface area contributed by atoms with Crippen LogP contribution in [0.4, 0.5) is 11.5 Å². The van der Waals surface area contributed by atoms with Crippen LogP contribution in [-0.2, 0) is 17.8 Å². The summed E-state index contributed by atoms with van der Waals surface area (Å²) in [5, 5.41) is 6.80. The van der Waals surface area contributed by atoms with E-state index in [0.29, 0.717) is 12.4 Å². The minimum Gasteiger partial charge on any atom is -0.497 e. The summed E-state index contributed by atoms with van der Waals surface area (Å²) in [5.41, 5.74) is 2.91. The standard InChI is InChI=1S/C21H20ClN3O2/c1-27-19-9-4-15(5-10-19)12-21(26)25-20-11-8-18(14-24-20)23-13-16-2-6-17(22)7-3-16/h2-11,14,23H,12-13H2,1H3,(H,24,25,26). The number of hydrogen-bond acceptors (Lipinski definition) is 4. The van der Waals surface area contributed by atoms with Crippen molar-refractivity contribution in [1.29, 1.82) is 0 Å². The van der Waals surface area contributed by atoms with Gasteiger partial charge in [0.15, 0.2) is 0 Å². The van der Waals surface area contributed by atoms with Gasteiger partial charge in [-0.25, -0.2) is 4.98 Å². The lowest BCUT2D eigenvalue weighted by molar-refractivity contribution is -0.115. The lowest BCUT2D eigenvalue weighted by atomic mass is 10.1. The van der Waals surface area contributed by atoms with Crippen molar-refractivity contribution < 1.29 is 9.53 Å². The molecule has 6 heteroatoms. The monoisotopic (exact) mass is 381 g/mol. The van der Waals surface area contributed by atoms with E-state index in [2.05, 4.69) is 15.6 Å². The van der Waals surface area contributed by atoms with Gasteiger partial charge in [0.1, 0.15) is 11.6 Å². The number of ether oxygens (including phenoxy) is 1. The third-order valence-corrected chi connectivity index (χ3v) is 4.22. The molecule has 0 saturated carbocycles. The van der Waals surface area contributed by atoms with E-state index in [1.807, 2.05) is 54.6 Å². The summed E-state index contributed by atoms with van der Waals surface area (Å²) in [6, 6.07) is 18.7. The molecule has 27 heavy (non-hydrogen) atoms. The second-order valence-corrected chi connectivity index (χ2v) is 6.42. The second kappa shape index (κ2) is 9.05. The average Bonchev–Trinajstić information content (AvgIpc) is 2.69. The van der Waals surface area contributed by atoms with Gasteiger partial charge < -0.3 is 15.4 Å². The SMILES string of the molecule is COc1ccc(CC(=O)Nc2ccc(NCc3ccc(Cl)cc3)cn2)cc1. The highest BCUT2D eigenvalue weighted by Crippen LogP contribution is 2.15. The van der Waals surface area contributed by atoms with Crippen LogP contribution >= 0.6 is 11.6 Å². The third-order valence-electron chi connectivity index (χ3n) is 3.96.